The molecule has 1 aliphatic carbocycles. The van der Waals surface area contributed by atoms with Gasteiger partial charge in [-0.2, -0.15) is 0 Å². The second kappa shape index (κ2) is 4.00. The Morgan fingerprint density at radius 1 is 1.50 bits per heavy atom. The molecule has 0 aromatic heterocycles. The van der Waals surface area contributed by atoms with Crippen LogP contribution in [0.1, 0.15) is 41.0 Å². The van der Waals surface area contributed by atoms with Crippen molar-refractivity contribution in [2.45, 2.75) is 59.2 Å². The van der Waals surface area contributed by atoms with E-state index in [0.29, 0.717) is 6.42 Å². The van der Waals surface area contributed by atoms with Gasteiger partial charge in [0.25, 0.3) is 0 Å². The molecule has 4 nitrogen and oxygen atoms in total. The van der Waals surface area contributed by atoms with Gasteiger partial charge in [0.15, 0.2) is 0 Å². The van der Waals surface area contributed by atoms with Crippen LogP contribution < -0.4 is 11.1 Å². The monoisotopic (exact) mass is 228 g/mol. The maximum absolute atomic E-state index is 11.9. The largest absolute Gasteiger partial charge is 0.392 e. The number of rotatable bonds is 2. The first kappa shape index (κ1) is 13.5. The fraction of sp³-hybridized carbons (Fsp3) is 0.917. The average Bonchev–Trinajstić information content (AvgIpc) is 2.14. The predicted molar refractivity (Wildman–Crippen MR) is 63.8 cm³/mol. The third-order valence-corrected chi connectivity index (χ3v) is 3.75. The van der Waals surface area contributed by atoms with E-state index in [9.17, 15) is 9.90 Å². The molecule has 4 heteroatoms. The molecule has 2 unspecified atom stereocenters. The zero-order valence-electron chi connectivity index (χ0n) is 10.9. The van der Waals surface area contributed by atoms with Gasteiger partial charge >= 0.3 is 0 Å². The number of hydrogen-bond donors (Lipinski definition) is 3. The number of carbonyl (C=O) groups is 1. The highest BCUT2D eigenvalue weighted by atomic mass is 16.3. The second-order valence-corrected chi connectivity index (χ2v) is 6.48. The molecule has 1 rings (SSSR count). The number of hydrogen-bond acceptors (Lipinski definition) is 3. The number of aliphatic hydroxyl groups excluding tert-OH is 1. The van der Waals surface area contributed by atoms with Crippen LogP contribution in [0, 0.1) is 10.8 Å². The number of nitrogens with one attached hydrogen (secondary N) is 1. The number of amides is 1. The summed E-state index contributed by atoms with van der Waals surface area (Å²) in [4.78, 5) is 11.9. The van der Waals surface area contributed by atoms with Gasteiger partial charge in [-0.3, -0.25) is 4.79 Å². The van der Waals surface area contributed by atoms with Gasteiger partial charge in [0, 0.05) is 11.5 Å². The van der Waals surface area contributed by atoms with Gasteiger partial charge in [-0.1, -0.05) is 34.6 Å². The van der Waals surface area contributed by atoms with Gasteiger partial charge in [0.2, 0.25) is 5.91 Å². The minimum atomic E-state index is -0.513. The smallest absolute Gasteiger partial charge is 0.237 e. The molecule has 0 heterocycles. The summed E-state index contributed by atoms with van der Waals surface area (Å²) in [5, 5.41) is 12.5. The lowest BCUT2D eigenvalue weighted by Gasteiger charge is -2.49. The van der Waals surface area contributed by atoms with E-state index in [0.717, 1.165) is 0 Å². The van der Waals surface area contributed by atoms with E-state index in [1.54, 1.807) is 0 Å². The summed E-state index contributed by atoms with van der Waals surface area (Å²) in [5.74, 6) is -0.127. The summed E-state index contributed by atoms with van der Waals surface area (Å²) in [7, 11) is 0. The summed E-state index contributed by atoms with van der Waals surface area (Å²) in [6, 6.07) is -0.482. The highest BCUT2D eigenvalue weighted by Gasteiger charge is 2.48. The Hall–Kier alpha value is -0.610. The molecule has 94 valence electrons. The third-order valence-electron chi connectivity index (χ3n) is 3.75. The van der Waals surface area contributed by atoms with Crippen molar-refractivity contribution >= 4 is 5.91 Å². The van der Waals surface area contributed by atoms with Crippen molar-refractivity contribution in [1.29, 1.82) is 0 Å². The SMILES string of the molecule is CC1(C)C(O)CC1NC(=O)[C@@H](N)C(C)(C)C. The lowest BCUT2D eigenvalue weighted by molar-refractivity contribution is -0.132. The molecule has 0 aromatic carbocycles. The summed E-state index contributed by atoms with van der Waals surface area (Å²) in [6.07, 6.45) is 0.291. The van der Waals surface area contributed by atoms with Gasteiger partial charge in [-0.25, -0.2) is 0 Å². The van der Waals surface area contributed by atoms with E-state index >= 15 is 0 Å². The van der Waals surface area contributed by atoms with Crippen LogP contribution in [0.2, 0.25) is 0 Å². The number of nitrogens with two attached hydrogens (primary N) is 1. The molecule has 0 radical (unpaired) electrons. The highest BCUT2D eigenvalue weighted by molar-refractivity contribution is 5.82. The lowest BCUT2D eigenvalue weighted by Crippen LogP contribution is -2.64. The maximum atomic E-state index is 11.9. The van der Waals surface area contributed by atoms with Crippen molar-refractivity contribution in [3.8, 4) is 0 Å². The second-order valence-electron chi connectivity index (χ2n) is 6.48. The van der Waals surface area contributed by atoms with E-state index in [4.69, 9.17) is 5.73 Å². The molecule has 0 aromatic rings. The zero-order valence-corrected chi connectivity index (χ0v) is 10.9. The van der Waals surface area contributed by atoms with E-state index in [1.807, 2.05) is 34.6 Å². The Kier molecular flexibility index (Phi) is 3.37. The van der Waals surface area contributed by atoms with Crippen LogP contribution in [0.5, 0.6) is 0 Å². The fourth-order valence-corrected chi connectivity index (χ4v) is 1.80. The maximum Gasteiger partial charge on any atom is 0.237 e. The molecule has 0 saturated heterocycles. The quantitative estimate of drug-likeness (QED) is 0.649. The number of carbonyl (C=O) groups excluding carboxylic acids is 1. The van der Waals surface area contributed by atoms with E-state index in [-0.39, 0.29) is 28.9 Å². The summed E-state index contributed by atoms with van der Waals surface area (Å²) >= 11 is 0. The Morgan fingerprint density at radius 3 is 2.31 bits per heavy atom. The van der Waals surface area contributed by atoms with Crippen molar-refractivity contribution in [2.24, 2.45) is 16.6 Å². The minimum Gasteiger partial charge on any atom is -0.392 e. The Labute approximate surface area is 97.6 Å². The minimum absolute atomic E-state index is 0.0309. The molecule has 0 aliphatic heterocycles. The van der Waals surface area contributed by atoms with Crippen LogP contribution in [0.3, 0.4) is 0 Å². The first-order valence-electron chi connectivity index (χ1n) is 5.81. The molecular weight excluding hydrogens is 204 g/mol. The first-order chi connectivity index (χ1) is 7.06. The molecule has 1 amide bonds. The van der Waals surface area contributed by atoms with Crippen LogP contribution in [-0.4, -0.2) is 29.2 Å². The van der Waals surface area contributed by atoms with Crippen molar-refractivity contribution in [1.82, 2.24) is 5.32 Å². The Balaban J connectivity index is 2.54. The zero-order chi connectivity index (χ0) is 12.7. The van der Waals surface area contributed by atoms with Crippen molar-refractivity contribution in [3.63, 3.8) is 0 Å². The average molecular weight is 228 g/mol. The van der Waals surface area contributed by atoms with Crippen LogP contribution in [0.15, 0.2) is 0 Å². The fourth-order valence-electron chi connectivity index (χ4n) is 1.80. The van der Waals surface area contributed by atoms with Crippen LogP contribution >= 0.6 is 0 Å². The molecule has 16 heavy (non-hydrogen) atoms. The molecule has 0 spiro atoms. The summed E-state index contributed by atoms with van der Waals surface area (Å²) in [5.41, 5.74) is 5.39. The lowest BCUT2D eigenvalue weighted by atomic mass is 9.64. The molecule has 1 fully saturated rings. The summed E-state index contributed by atoms with van der Waals surface area (Å²) < 4.78 is 0. The Morgan fingerprint density at radius 2 is 2.00 bits per heavy atom. The Bertz CT molecular complexity index is 281. The topological polar surface area (TPSA) is 75.3 Å². The van der Waals surface area contributed by atoms with Gasteiger partial charge < -0.3 is 16.2 Å². The molecular formula is C12H24N2O2. The van der Waals surface area contributed by atoms with Gasteiger partial charge in [0.1, 0.15) is 0 Å². The molecule has 4 N–H and O–H groups in total. The van der Waals surface area contributed by atoms with Crippen molar-refractivity contribution in [2.75, 3.05) is 0 Å². The van der Waals surface area contributed by atoms with Crippen molar-refractivity contribution in [3.05, 3.63) is 0 Å². The van der Waals surface area contributed by atoms with Gasteiger partial charge in [-0.05, 0) is 11.8 Å². The molecule has 3 atom stereocenters. The normalized spacial score (nSPS) is 30.4. The standard InChI is InChI=1S/C12H24N2O2/c1-11(2,3)9(13)10(16)14-7-6-8(15)12(7,4)5/h7-9,15H,6,13H2,1-5H3,(H,14,16)/t7?,8?,9-/m1/s1. The van der Waals surface area contributed by atoms with Crippen molar-refractivity contribution < 1.29 is 9.90 Å². The first-order valence-corrected chi connectivity index (χ1v) is 5.81. The van der Waals surface area contributed by atoms with Crippen LogP contribution in [-0.2, 0) is 4.79 Å². The van der Waals surface area contributed by atoms with Gasteiger partial charge in [-0.15, -0.1) is 0 Å². The molecule has 1 aliphatic rings. The third kappa shape index (κ3) is 2.38. The van der Waals surface area contributed by atoms with E-state index in [1.165, 1.54) is 0 Å². The highest BCUT2D eigenvalue weighted by Crippen LogP contribution is 2.40. The number of aliphatic hydroxyl groups is 1. The molecule has 1 saturated carbocycles. The van der Waals surface area contributed by atoms with Crippen LogP contribution in [0.4, 0.5) is 0 Å². The summed E-state index contributed by atoms with van der Waals surface area (Å²) in [6.45, 7) is 9.73. The van der Waals surface area contributed by atoms with E-state index in [2.05, 4.69) is 5.32 Å². The van der Waals surface area contributed by atoms with Gasteiger partial charge in [0.05, 0.1) is 12.1 Å². The predicted octanol–water partition coefficient (Wildman–Crippen LogP) is 0.635. The van der Waals surface area contributed by atoms with E-state index < -0.39 is 6.04 Å². The van der Waals surface area contributed by atoms with Crippen LogP contribution in [0.25, 0.3) is 0 Å². The molecule has 0 bridgehead atoms.